The summed E-state index contributed by atoms with van der Waals surface area (Å²) in [5.74, 6) is 0.128. The minimum absolute atomic E-state index is 0.250. The predicted molar refractivity (Wildman–Crippen MR) is 121 cm³/mol. The van der Waals surface area contributed by atoms with Crippen LogP contribution in [0.3, 0.4) is 0 Å². The van der Waals surface area contributed by atoms with Gasteiger partial charge in [-0.15, -0.1) is 11.3 Å². The molecule has 1 amide bonds. The number of rotatable bonds is 6. The Hall–Kier alpha value is -3.94. The smallest absolute Gasteiger partial charge is 0.290 e. The Kier molecular flexibility index (Phi) is 7.14. The van der Waals surface area contributed by atoms with E-state index >= 15 is 0 Å². The first-order valence-corrected chi connectivity index (χ1v) is 10.8. The molecule has 0 spiro atoms. The lowest BCUT2D eigenvalue weighted by Crippen LogP contribution is -2.21. The SMILES string of the molecule is O=C(Nc1cn(CC2CNNC2)nc1-c1ccccn1)c1csc(-c2cn[nH]c2)n1.O=CO. The zero-order chi connectivity index (χ0) is 23.0. The monoisotopic (exact) mass is 467 g/mol. The lowest BCUT2D eigenvalue weighted by molar-refractivity contribution is -0.122. The fourth-order valence-electron chi connectivity index (χ4n) is 3.26. The number of aromatic amines is 1. The van der Waals surface area contributed by atoms with Crippen LogP contribution in [0.4, 0.5) is 5.69 Å². The first kappa shape index (κ1) is 22.3. The Labute approximate surface area is 192 Å². The second-order valence-corrected chi connectivity index (χ2v) is 7.90. The van der Waals surface area contributed by atoms with Gasteiger partial charge in [-0.3, -0.25) is 35.2 Å². The Bertz CT molecular complexity index is 1180. The highest BCUT2D eigenvalue weighted by Gasteiger charge is 2.20. The number of H-pyrrole nitrogens is 1. The highest BCUT2D eigenvalue weighted by Crippen LogP contribution is 2.27. The van der Waals surface area contributed by atoms with Crippen molar-refractivity contribution in [2.24, 2.45) is 5.92 Å². The van der Waals surface area contributed by atoms with Crippen molar-refractivity contribution in [3.8, 4) is 22.0 Å². The zero-order valence-electron chi connectivity index (χ0n) is 17.3. The van der Waals surface area contributed by atoms with E-state index in [1.54, 1.807) is 24.0 Å². The van der Waals surface area contributed by atoms with Crippen LogP contribution in [0.15, 0.2) is 48.4 Å². The lowest BCUT2D eigenvalue weighted by Gasteiger charge is -2.06. The summed E-state index contributed by atoms with van der Waals surface area (Å²) in [6.07, 6.45) is 6.99. The normalized spacial score (nSPS) is 13.3. The van der Waals surface area contributed by atoms with Gasteiger partial charge in [0.1, 0.15) is 16.4 Å². The van der Waals surface area contributed by atoms with Crippen LogP contribution in [0, 0.1) is 5.92 Å². The number of nitrogens with one attached hydrogen (secondary N) is 4. The Morgan fingerprint density at radius 2 is 2.15 bits per heavy atom. The van der Waals surface area contributed by atoms with Gasteiger partial charge in [-0.1, -0.05) is 6.07 Å². The van der Waals surface area contributed by atoms with E-state index in [1.165, 1.54) is 11.3 Å². The number of hydrazine groups is 1. The van der Waals surface area contributed by atoms with Crippen LogP contribution in [-0.4, -0.2) is 60.5 Å². The van der Waals surface area contributed by atoms with E-state index in [2.05, 4.69) is 36.3 Å². The molecule has 13 heteroatoms. The molecule has 4 aromatic rings. The van der Waals surface area contributed by atoms with Crippen LogP contribution in [-0.2, 0) is 11.3 Å². The maximum atomic E-state index is 12.9. The highest BCUT2D eigenvalue weighted by atomic mass is 32.1. The fraction of sp³-hybridized carbons (Fsp3) is 0.200. The van der Waals surface area contributed by atoms with Crippen LogP contribution in [0.2, 0.25) is 0 Å². The summed E-state index contributed by atoms with van der Waals surface area (Å²) in [7, 11) is 0. The van der Waals surface area contributed by atoms with Gasteiger partial charge in [0.15, 0.2) is 0 Å². The molecule has 5 N–H and O–H groups in total. The summed E-state index contributed by atoms with van der Waals surface area (Å²) >= 11 is 1.39. The topological polar surface area (TPSA) is 163 Å². The summed E-state index contributed by atoms with van der Waals surface area (Å²) in [6, 6.07) is 5.62. The summed E-state index contributed by atoms with van der Waals surface area (Å²) in [5.41, 5.74) is 9.39. The molecule has 1 aliphatic heterocycles. The minimum Gasteiger partial charge on any atom is -0.483 e. The molecular formula is C20H21N9O3S. The molecule has 0 atom stereocenters. The van der Waals surface area contributed by atoms with Crippen molar-refractivity contribution in [2.75, 3.05) is 18.4 Å². The van der Waals surface area contributed by atoms with Crippen LogP contribution >= 0.6 is 11.3 Å². The van der Waals surface area contributed by atoms with Gasteiger partial charge in [0.2, 0.25) is 0 Å². The Morgan fingerprint density at radius 1 is 1.33 bits per heavy atom. The van der Waals surface area contributed by atoms with Crippen molar-refractivity contribution >= 4 is 29.4 Å². The third-order valence-corrected chi connectivity index (χ3v) is 5.64. The third-order valence-electron chi connectivity index (χ3n) is 4.75. The van der Waals surface area contributed by atoms with Gasteiger partial charge in [0, 0.05) is 55.1 Å². The number of hydrogen-bond acceptors (Lipinski definition) is 9. The van der Waals surface area contributed by atoms with E-state index < -0.39 is 0 Å². The molecule has 5 rings (SSSR count). The molecule has 0 bridgehead atoms. The minimum atomic E-state index is -0.290. The zero-order valence-corrected chi connectivity index (χ0v) is 18.1. The molecule has 12 nitrogen and oxygen atoms in total. The molecule has 0 unspecified atom stereocenters. The second kappa shape index (κ2) is 10.6. The highest BCUT2D eigenvalue weighted by molar-refractivity contribution is 7.13. The van der Waals surface area contributed by atoms with Gasteiger partial charge in [-0.05, 0) is 12.1 Å². The van der Waals surface area contributed by atoms with E-state index in [0.29, 0.717) is 28.7 Å². The number of carbonyl (C=O) groups excluding carboxylic acids is 1. The molecule has 4 aromatic heterocycles. The van der Waals surface area contributed by atoms with Crippen molar-refractivity contribution in [1.82, 2.24) is 40.8 Å². The summed E-state index contributed by atoms with van der Waals surface area (Å²) in [5, 5.41) is 23.7. The summed E-state index contributed by atoms with van der Waals surface area (Å²) < 4.78 is 1.86. The molecule has 1 aliphatic rings. The van der Waals surface area contributed by atoms with E-state index in [1.807, 2.05) is 29.1 Å². The summed E-state index contributed by atoms with van der Waals surface area (Å²) in [6.45, 7) is 2.23. The lowest BCUT2D eigenvalue weighted by atomic mass is 10.2. The van der Waals surface area contributed by atoms with Crippen LogP contribution < -0.4 is 16.2 Å². The number of thiazole rings is 1. The number of nitrogens with zero attached hydrogens (tertiary/aromatic N) is 5. The van der Waals surface area contributed by atoms with Crippen molar-refractivity contribution in [3.63, 3.8) is 0 Å². The molecule has 1 fully saturated rings. The maximum Gasteiger partial charge on any atom is 0.290 e. The van der Waals surface area contributed by atoms with Gasteiger partial charge < -0.3 is 10.4 Å². The number of carboxylic acid groups (broad SMARTS) is 1. The molecular weight excluding hydrogens is 446 g/mol. The predicted octanol–water partition coefficient (Wildman–Crippen LogP) is 1.47. The van der Waals surface area contributed by atoms with Crippen molar-refractivity contribution in [3.05, 3.63) is 54.1 Å². The molecule has 33 heavy (non-hydrogen) atoms. The van der Waals surface area contributed by atoms with Crippen molar-refractivity contribution in [1.29, 1.82) is 0 Å². The Morgan fingerprint density at radius 3 is 2.85 bits per heavy atom. The molecule has 5 heterocycles. The van der Waals surface area contributed by atoms with Crippen molar-refractivity contribution in [2.45, 2.75) is 6.54 Å². The number of amides is 1. The molecule has 170 valence electrons. The largest absolute Gasteiger partial charge is 0.483 e. The quantitative estimate of drug-likeness (QED) is 0.264. The van der Waals surface area contributed by atoms with E-state index in [9.17, 15) is 4.79 Å². The Balaban J connectivity index is 0.000000821. The standard InChI is InChI=1S/C19H19N9OS.CH2O2/c29-18(16-11-30-19(26-16)13-7-23-24-8-13)25-15-10-28(9-12-5-21-22-6-12)27-17(15)14-3-1-2-4-20-14;2-1-3/h1-4,7-8,10-12,21-22H,5-6,9H2,(H,23,24)(H,25,29);1H,(H,2,3). The average Bonchev–Trinajstić information content (AvgIpc) is 3.62. The maximum absolute atomic E-state index is 12.9. The third kappa shape index (κ3) is 5.46. The first-order valence-electron chi connectivity index (χ1n) is 9.96. The fourth-order valence-corrected chi connectivity index (χ4v) is 4.04. The molecule has 0 aliphatic carbocycles. The molecule has 0 aromatic carbocycles. The number of hydrogen-bond donors (Lipinski definition) is 5. The number of pyridine rings is 1. The van der Waals surface area contributed by atoms with E-state index in [4.69, 9.17) is 15.0 Å². The number of carbonyl (C=O) groups is 2. The van der Waals surface area contributed by atoms with Crippen LogP contribution in [0.25, 0.3) is 22.0 Å². The van der Waals surface area contributed by atoms with Crippen LogP contribution in [0.1, 0.15) is 10.5 Å². The first-order chi connectivity index (χ1) is 16.2. The van der Waals surface area contributed by atoms with Gasteiger partial charge in [-0.2, -0.15) is 10.2 Å². The number of aromatic nitrogens is 6. The number of anilines is 1. The van der Waals surface area contributed by atoms with Gasteiger partial charge >= 0.3 is 0 Å². The average molecular weight is 468 g/mol. The molecule has 0 radical (unpaired) electrons. The van der Waals surface area contributed by atoms with Gasteiger partial charge in [0.05, 0.1) is 17.6 Å². The second-order valence-electron chi connectivity index (χ2n) is 7.04. The molecule has 1 saturated heterocycles. The molecule has 0 saturated carbocycles. The van der Waals surface area contributed by atoms with E-state index in [0.717, 1.165) is 30.2 Å². The van der Waals surface area contributed by atoms with E-state index in [-0.39, 0.29) is 12.4 Å². The summed E-state index contributed by atoms with van der Waals surface area (Å²) in [4.78, 5) is 30.1. The van der Waals surface area contributed by atoms with Gasteiger partial charge in [0.25, 0.3) is 12.4 Å². The van der Waals surface area contributed by atoms with Gasteiger partial charge in [-0.25, -0.2) is 4.98 Å². The van der Waals surface area contributed by atoms with Crippen LogP contribution in [0.5, 0.6) is 0 Å². The van der Waals surface area contributed by atoms with Crippen molar-refractivity contribution < 1.29 is 14.7 Å².